The maximum absolute atomic E-state index is 6.23. The Bertz CT molecular complexity index is 896. The summed E-state index contributed by atoms with van der Waals surface area (Å²) >= 11 is 9.80. The van der Waals surface area contributed by atoms with E-state index in [9.17, 15) is 0 Å². The Kier molecular flexibility index (Phi) is 5.39. The van der Waals surface area contributed by atoms with Crippen molar-refractivity contribution in [2.75, 3.05) is 0 Å². The number of hydrogen-bond donors (Lipinski definition) is 0. The number of ether oxygens (including phenoxy) is 1. The number of nitrogens with zero attached hydrogens (tertiary/aromatic N) is 3. The molecule has 2 aromatic heterocycles. The van der Waals surface area contributed by atoms with Gasteiger partial charge < -0.3 is 9.26 Å². The summed E-state index contributed by atoms with van der Waals surface area (Å²) in [6, 6.07) is 7.64. The maximum atomic E-state index is 6.23. The van der Waals surface area contributed by atoms with Crippen molar-refractivity contribution in [1.82, 2.24) is 15.1 Å². The van der Waals surface area contributed by atoms with Crippen molar-refractivity contribution in [3.8, 4) is 28.7 Å². The van der Waals surface area contributed by atoms with Crippen molar-refractivity contribution < 1.29 is 9.26 Å². The van der Waals surface area contributed by atoms with Crippen molar-refractivity contribution in [3.05, 3.63) is 45.5 Å². The van der Waals surface area contributed by atoms with Crippen molar-refractivity contribution in [3.63, 3.8) is 0 Å². The van der Waals surface area contributed by atoms with Gasteiger partial charge in [-0.15, -0.1) is 0 Å². The van der Waals surface area contributed by atoms with E-state index in [4.69, 9.17) is 20.9 Å². The number of halogens is 2. The molecule has 5 nitrogen and oxygen atoms in total. The van der Waals surface area contributed by atoms with E-state index < -0.39 is 0 Å². The quantitative estimate of drug-likeness (QED) is 0.538. The molecule has 0 unspecified atom stereocenters. The second-order valence-electron chi connectivity index (χ2n) is 5.72. The van der Waals surface area contributed by atoms with Crippen LogP contribution in [0.15, 0.2) is 39.5 Å². The van der Waals surface area contributed by atoms with Crippen LogP contribution in [-0.4, -0.2) is 21.2 Å². The highest BCUT2D eigenvalue weighted by Crippen LogP contribution is 2.31. The number of rotatable bonds is 5. The zero-order chi connectivity index (χ0) is 18.0. The number of hydrogen-bond acceptors (Lipinski definition) is 5. The van der Waals surface area contributed by atoms with Gasteiger partial charge in [0.2, 0.25) is 11.7 Å². The highest BCUT2D eigenvalue weighted by atomic mass is 79.9. The van der Waals surface area contributed by atoms with Gasteiger partial charge in [-0.3, -0.25) is 0 Å². The van der Waals surface area contributed by atoms with Crippen LogP contribution in [0.1, 0.15) is 26.3 Å². The van der Waals surface area contributed by atoms with Crippen LogP contribution < -0.4 is 4.74 Å². The molecule has 7 heteroatoms. The first-order chi connectivity index (χ1) is 12.0. The molecule has 25 heavy (non-hydrogen) atoms. The van der Waals surface area contributed by atoms with Crippen LogP contribution in [0.4, 0.5) is 0 Å². The molecule has 0 aliphatic rings. The molecule has 0 fully saturated rings. The first kappa shape index (κ1) is 17.9. The van der Waals surface area contributed by atoms with Gasteiger partial charge in [-0.2, -0.15) is 4.98 Å². The average Bonchev–Trinajstić information content (AvgIpc) is 3.06. The van der Waals surface area contributed by atoms with Crippen LogP contribution in [0.5, 0.6) is 5.88 Å². The van der Waals surface area contributed by atoms with Crippen LogP contribution in [-0.2, 0) is 6.42 Å². The SMILES string of the molecule is CCc1c(Br)cccc1-c1noc(-c2cnc(OC(C)C)c(Cl)c2)n1. The van der Waals surface area contributed by atoms with Gasteiger partial charge in [0.05, 0.1) is 11.7 Å². The minimum absolute atomic E-state index is 0.00477. The van der Waals surface area contributed by atoms with E-state index in [1.165, 1.54) is 0 Å². The fourth-order valence-corrected chi connectivity index (χ4v) is 3.29. The Hall–Kier alpha value is -1.92. The summed E-state index contributed by atoms with van der Waals surface area (Å²) in [5.41, 5.74) is 2.71. The Morgan fingerprint density at radius 3 is 2.80 bits per heavy atom. The van der Waals surface area contributed by atoms with Gasteiger partial charge in [0.15, 0.2) is 0 Å². The van der Waals surface area contributed by atoms with Crippen molar-refractivity contribution in [1.29, 1.82) is 0 Å². The molecule has 0 N–H and O–H groups in total. The highest BCUT2D eigenvalue weighted by Gasteiger charge is 2.16. The Morgan fingerprint density at radius 2 is 2.12 bits per heavy atom. The zero-order valence-electron chi connectivity index (χ0n) is 14.1. The molecule has 1 aromatic carbocycles. The van der Waals surface area contributed by atoms with E-state index in [1.54, 1.807) is 12.3 Å². The van der Waals surface area contributed by atoms with Gasteiger partial charge in [0.25, 0.3) is 5.89 Å². The van der Waals surface area contributed by atoms with Crippen LogP contribution in [0.25, 0.3) is 22.8 Å². The predicted octanol–water partition coefficient (Wildman–Crippen LogP) is 5.56. The third-order valence-corrected chi connectivity index (χ3v) is 4.55. The summed E-state index contributed by atoms with van der Waals surface area (Å²) < 4.78 is 12.0. The lowest BCUT2D eigenvalue weighted by molar-refractivity contribution is 0.233. The first-order valence-electron chi connectivity index (χ1n) is 7.93. The molecule has 0 bridgehead atoms. The lowest BCUT2D eigenvalue weighted by Gasteiger charge is -2.09. The van der Waals surface area contributed by atoms with Crippen molar-refractivity contribution in [2.24, 2.45) is 0 Å². The molecular weight excluding hydrogens is 406 g/mol. The van der Waals surface area contributed by atoms with E-state index in [0.717, 1.165) is 22.0 Å². The van der Waals surface area contributed by atoms with Gasteiger partial charge in [0, 0.05) is 16.2 Å². The second-order valence-corrected chi connectivity index (χ2v) is 6.98. The molecule has 2 heterocycles. The number of pyridine rings is 1. The molecule has 0 aliphatic carbocycles. The first-order valence-corrected chi connectivity index (χ1v) is 9.10. The fourth-order valence-electron chi connectivity index (χ4n) is 2.43. The second kappa shape index (κ2) is 7.54. The molecular formula is C18H17BrClN3O2. The Morgan fingerprint density at radius 1 is 1.32 bits per heavy atom. The Labute approximate surface area is 159 Å². The smallest absolute Gasteiger partial charge is 0.259 e. The lowest BCUT2D eigenvalue weighted by atomic mass is 10.1. The van der Waals surface area contributed by atoms with Gasteiger partial charge in [0.1, 0.15) is 5.02 Å². The van der Waals surface area contributed by atoms with Crippen LogP contribution in [0.3, 0.4) is 0 Å². The minimum Gasteiger partial charge on any atom is -0.474 e. The largest absolute Gasteiger partial charge is 0.474 e. The summed E-state index contributed by atoms with van der Waals surface area (Å²) in [4.78, 5) is 8.73. The van der Waals surface area contributed by atoms with Crippen LogP contribution in [0, 0.1) is 0 Å². The third-order valence-electron chi connectivity index (χ3n) is 3.54. The van der Waals surface area contributed by atoms with Gasteiger partial charge in [-0.1, -0.05) is 51.7 Å². The van der Waals surface area contributed by atoms with Crippen molar-refractivity contribution >= 4 is 27.5 Å². The average molecular weight is 423 g/mol. The molecule has 0 aliphatic heterocycles. The van der Waals surface area contributed by atoms with Crippen molar-refractivity contribution in [2.45, 2.75) is 33.3 Å². The summed E-state index contributed by atoms with van der Waals surface area (Å²) in [5, 5.41) is 4.51. The molecule has 130 valence electrons. The highest BCUT2D eigenvalue weighted by molar-refractivity contribution is 9.10. The summed E-state index contributed by atoms with van der Waals surface area (Å²) in [6.07, 6.45) is 2.47. The minimum atomic E-state index is -0.00477. The third kappa shape index (κ3) is 3.85. The van der Waals surface area contributed by atoms with Crippen LogP contribution >= 0.6 is 27.5 Å². The molecule has 0 saturated carbocycles. The van der Waals surface area contributed by atoms with E-state index in [-0.39, 0.29) is 6.10 Å². The number of benzene rings is 1. The summed E-state index contributed by atoms with van der Waals surface area (Å²) in [5.74, 6) is 1.29. The molecule has 0 radical (unpaired) electrons. The number of aromatic nitrogens is 3. The fraction of sp³-hybridized carbons (Fsp3) is 0.278. The maximum Gasteiger partial charge on any atom is 0.259 e. The van der Waals surface area contributed by atoms with Crippen LogP contribution in [0.2, 0.25) is 5.02 Å². The molecule has 0 atom stereocenters. The molecule has 3 aromatic rings. The normalized spacial score (nSPS) is 11.1. The van der Waals surface area contributed by atoms with Gasteiger partial charge in [-0.25, -0.2) is 4.98 Å². The van der Waals surface area contributed by atoms with Gasteiger partial charge >= 0.3 is 0 Å². The monoisotopic (exact) mass is 421 g/mol. The molecule has 0 spiro atoms. The summed E-state index contributed by atoms with van der Waals surface area (Å²) in [6.45, 7) is 5.92. The summed E-state index contributed by atoms with van der Waals surface area (Å²) in [7, 11) is 0. The van der Waals surface area contributed by atoms with E-state index >= 15 is 0 Å². The van der Waals surface area contributed by atoms with E-state index in [0.29, 0.717) is 28.2 Å². The topological polar surface area (TPSA) is 61.0 Å². The van der Waals surface area contributed by atoms with E-state index in [2.05, 4.69) is 38.0 Å². The Balaban J connectivity index is 1.95. The van der Waals surface area contributed by atoms with E-state index in [1.807, 2.05) is 32.0 Å². The lowest BCUT2D eigenvalue weighted by Crippen LogP contribution is -2.07. The molecule has 0 saturated heterocycles. The molecule has 0 amide bonds. The predicted molar refractivity (Wildman–Crippen MR) is 101 cm³/mol. The molecule has 3 rings (SSSR count). The standard InChI is InChI=1S/C18H17BrClN3O2/c1-4-12-13(6-5-7-14(12)19)16-22-17(25-23-16)11-8-15(20)18(21-9-11)24-10(2)3/h5-10H,4H2,1-3H3. The zero-order valence-corrected chi connectivity index (χ0v) is 16.4. The van der Waals surface area contributed by atoms with Gasteiger partial charge in [-0.05, 0) is 38.0 Å².